The van der Waals surface area contributed by atoms with Gasteiger partial charge in [-0.2, -0.15) is 0 Å². The van der Waals surface area contributed by atoms with Crippen molar-refractivity contribution in [2.24, 2.45) is 5.73 Å². The lowest BCUT2D eigenvalue weighted by atomic mass is 10.0. The van der Waals surface area contributed by atoms with E-state index in [0.717, 1.165) is 3.57 Å². The van der Waals surface area contributed by atoms with Crippen molar-refractivity contribution in [1.82, 2.24) is 0 Å². The fraction of sp³-hybridized carbons (Fsp3) is 0.133. The van der Waals surface area contributed by atoms with Crippen LogP contribution in [0.5, 0.6) is 17.2 Å². The Morgan fingerprint density at radius 1 is 1.08 bits per heavy atom. The highest BCUT2D eigenvalue weighted by molar-refractivity contribution is 14.1. The Balaban J connectivity index is 2.32. The lowest BCUT2D eigenvalue weighted by Crippen LogP contribution is -2.32. The Bertz CT molecular complexity index is 799. The molecule has 0 radical (unpaired) electrons. The van der Waals surface area contributed by atoms with Gasteiger partial charge >= 0.3 is 5.97 Å². The predicted molar refractivity (Wildman–Crippen MR) is 117 cm³/mol. The van der Waals surface area contributed by atoms with E-state index in [0.29, 0.717) is 29.9 Å². The van der Waals surface area contributed by atoms with Crippen LogP contribution in [-0.4, -0.2) is 22.2 Å². The number of phenols is 1. The summed E-state index contributed by atoms with van der Waals surface area (Å²) < 4.78 is 8.09. The monoisotopic (exact) mass is 666 g/mol. The van der Waals surface area contributed by atoms with Crippen molar-refractivity contribution in [1.29, 1.82) is 0 Å². The van der Waals surface area contributed by atoms with Gasteiger partial charge in [-0.25, -0.2) is 0 Å². The zero-order valence-corrected chi connectivity index (χ0v) is 18.6. The Morgan fingerprint density at radius 2 is 1.67 bits per heavy atom. The van der Waals surface area contributed by atoms with E-state index in [1.54, 1.807) is 24.3 Å². The minimum absolute atomic E-state index is 0.145. The van der Waals surface area contributed by atoms with Crippen LogP contribution in [0.25, 0.3) is 0 Å². The number of nitrogen functional groups attached to an aromatic ring is 1. The van der Waals surface area contributed by atoms with Crippen molar-refractivity contribution in [2.45, 2.75) is 12.5 Å². The lowest BCUT2D eigenvalue weighted by molar-refractivity contribution is -0.138. The molecule has 0 saturated carbocycles. The molecule has 0 saturated heterocycles. The third-order valence-corrected chi connectivity index (χ3v) is 7.55. The van der Waals surface area contributed by atoms with Crippen molar-refractivity contribution < 1.29 is 19.7 Å². The number of anilines is 1. The van der Waals surface area contributed by atoms with Crippen LogP contribution >= 0.6 is 67.8 Å². The number of phenolic OH excluding ortho intramolecular Hbond substituents is 1. The standard InChI is InChI=1S/C15H13I3N2O4/c16-11-8(21)2-4-9(12(11)17)24-10-3-1-6(14(20)13(10)18)5-7(19)15(22)23/h1-4,7,21H,5,19-20H2,(H,22,23). The summed E-state index contributed by atoms with van der Waals surface area (Å²) in [5.41, 5.74) is 12.8. The zero-order valence-electron chi connectivity index (χ0n) is 12.1. The molecule has 2 rings (SSSR count). The second kappa shape index (κ2) is 8.23. The molecule has 6 N–H and O–H groups in total. The Labute approximate surface area is 179 Å². The van der Waals surface area contributed by atoms with Crippen LogP contribution in [0, 0.1) is 10.7 Å². The van der Waals surface area contributed by atoms with E-state index >= 15 is 0 Å². The van der Waals surface area contributed by atoms with E-state index in [2.05, 4.69) is 45.2 Å². The van der Waals surface area contributed by atoms with Crippen LogP contribution in [0.15, 0.2) is 24.3 Å². The van der Waals surface area contributed by atoms with Gasteiger partial charge in [0.1, 0.15) is 23.3 Å². The van der Waals surface area contributed by atoms with E-state index in [1.165, 1.54) is 0 Å². The van der Waals surface area contributed by atoms with Crippen LogP contribution in [0.2, 0.25) is 0 Å². The van der Waals surface area contributed by atoms with Gasteiger partial charge < -0.3 is 26.4 Å². The molecule has 0 spiro atoms. The van der Waals surface area contributed by atoms with Gasteiger partial charge in [0.25, 0.3) is 0 Å². The average Bonchev–Trinajstić information content (AvgIpc) is 2.54. The first-order valence-corrected chi connectivity index (χ1v) is 9.86. The number of nitrogens with two attached hydrogens (primary N) is 2. The van der Waals surface area contributed by atoms with Gasteiger partial charge in [0, 0.05) is 6.42 Å². The molecule has 0 aliphatic heterocycles. The average molecular weight is 666 g/mol. The topological polar surface area (TPSA) is 119 Å². The molecule has 0 fully saturated rings. The molecule has 128 valence electrons. The highest BCUT2D eigenvalue weighted by Crippen LogP contribution is 2.38. The van der Waals surface area contributed by atoms with Crippen molar-refractivity contribution in [3.05, 3.63) is 40.5 Å². The fourth-order valence-electron chi connectivity index (χ4n) is 1.91. The largest absolute Gasteiger partial charge is 0.507 e. The van der Waals surface area contributed by atoms with Gasteiger partial charge in [0.2, 0.25) is 0 Å². The van der Waals surface area contributed by atoms with E-state index in [-0.39, 0.29) is 12.2 Å². The van der Waals surface area contributed by atoms with Crippen molar-refractivity contribution >= 4 is 79.4 Å². The molecule has 1 unspecified atom stereocenters. The molecule has 0 amide bonds. The maximum Gasteiger partial charge on any atom is 0.320 e. The summed E-state index contributed by atoms with van der Waals surface area (Å²) in [5, 5.41) is 18.6. The predicted octanol–water partition coefficient (Wildman–Crippen LogP) is 3.53. The van der Waals surface area contributed by atoms with Gasteiger partial charge in [0.15, 0.2) is 0 Å². The highest BCUT2D eigenvalue weighted by atomic mass is 127. The third-order valence-electron chi connectivity index (χ3n) is 3.24. The number of benzene rings is 2. The summed E-state index contributed by atoms with van der Waals surface area (Å²) in [6.07, 6.45) is 0.145. The molecule has 6 nitrogen and oxygen atoms in total. The number of ether oxygens (including phenoxy) is 1. The number of aromatic hydroxyl groups is 1. The maximum absolute atomic E-state index is 10.9. The van der Waals surface area contributed by atoms with E-state index in [4.69, 9.17) is 21.3 Å². The number of carbonyl (C=O) groups is 1. The Kier molecular flexibility index (Phi) is 6.78. The number of rotatable bonds is 5. The van der Waals surface area contributed by atoms with Crippen LogP contribution in [0.4, 0.5) is 5.69 Å². The van der Waals surface area contributed by atoms with Gasteiger partial charge in [-0.15, -0.1) is 0 Å². The molecular weight excluding hydrogens is 653 g/mol. The summed E-state index contributed by atoms with van der Waals surface area (Å²) in [5.74, 6) is 0.280. The van der Waals surface area contributed by atoms with Crippen LogP contribution in [0.1, 0.15) is 5.56 Å². The first kappa shape index (κ1) is 19.8. The van der Waals surface area contributed by atoms with Gasteiger partial charge in [-0.3, -0.25) is 4.79 Å². The molecule has 0 bridgehead atoms. The quantitative estimate of drug-likeness (QED) is 0.287. The molecule has 9 heteroatoms. The molecule has 2 aromatic rings. The number of carboxylic acids is 1. The van der Waals surface area contributed by atoms with Crippen molar-refractivity contribution in [3.63, 3.8) is 0 Å². The van der Waals surface area contributed by atoms with Gasteiger partial charge in [-0.1, -0.05) is 6.07 Å². The summed E-state index contributed by atoms with van der Waals surface area (Å²) in [6.45, 7) is 0. The molecule has 1 atom stereocenters. The summed E-state index contributed by atoms with van der Waals surface area (Å²) >= 11 is 6.20. The van der Waals surface area contributed by atoms with Gasteiger partial charge in [0.05, 0.1) is 16.4 Å². The van der Waals surface area contributed by atoms with Gasteiger partial charge in [-0.05, 0) is 91.5 Å². The number of hydrogen-bond donors (Lipinski definition) is 4. The fourth-order valence-corrected chi connectivity index (χ4v) is 3.56. The van der Waals surface area contributed by atoms with Crippen molar-refractivity contribution in [2.75, 3.05) is 5.73 Å². The van der Waals surface area contributed by atoms with Crippen LogP contribution < -0.4 is 16.2 Å². The normalized spacial score (nSPS) is 12.0. The molecule has 24 heavy (non-hydrogen) atoms. The summed E-state index contributed by atoms with van der Waals surface area (Å²) in [7, 11) is 0. The van der Waals surface area contributed by atoms with Crippen molar-refractivity contribution in [3.8, 4) is 17.2 Å². The maximum atomic E-state index is 10.9. The SMILES string of the molecule is Nc1c(CC(N)C(=O)O)ccc(Oc2ccc(O)c(I)c2I)c1I. The first-order valence-electron chi connectivity index (χ1n) is 6.62. The minimum Gasteiger partial charge on any atom is -0.507 e. The lowest BCUT2D eigenvalue weighted by Gasteiger charge is -2.15. The summed E-state index contributed by atoms with van der Waals surface area (Å²) in [6, 6.07) is 5.69. The molecule has 0 aliphatic carbocycles. The van der Waals surface area contributed by atoms with E-state index < -0.39 is 12.0 Å². The second-order valence-electron chi connectivity index (χ2n) is 4.91. The first-order chi connectivity index (χ1) is 11.2. The number of hydrogen-bond acceptors (Lipinski definition) is 5. The zero-order chi connectivity index (χ0) is 18.0. The number of halogens is 3. The highest BCUT2D eigenvalue weighted by Gasteiger charge is 2.18. The van der Waals surface area contributed by atoms with E-state index in [1.807, 2.05) is 22.6 Å². The number of aliphatic carboxylic acids is 1. The van der Waals surface area contributed by atoms with E-state index in [9.17, 15) is 9.90 Å². The third kappa shape index (κ3) is 4.35. The molecular formula is C15H13I3N2O4. The Morgan fingerprint density at radius 3 is 2.29 bits per heavy atom. The number of carboxylic acid groups (broad SMARTS) is 1. The molecule has 2 aromatic carbocycles. The molecule has 0 aromatic heterocycles. The smallest absolute Gasteiger partial charge is 0.320 e. The van der Waals surface area contributed by atoms with Crippen LogP contribution in [-0.2, 0) is 11.2 Å². The van der Waals surface area contributed by atoms with Crippen LogP contribution in [0.3, 0.4) is 0 Å². The minimum atomic E-state index is -1.07. The Hall–Kier alpha value is -0.540. The second-order valence-corrected chi connectivity index (χ2v) is 8.15. The molecule has 0 aliphatic rings. The summed E-state index contributed by atoms with van der Waals surface area (Å²) in [4.78, 5) is 10.9. The molecule has 0 heterocycles.